The number of aryl methyl sites for hydroxylation is 1. The van der Waals surface area contributed by atoms with E-state index < -0.39 is 0 Å². The van der Waals surface area contributed by atoms with Crippen molar-refractivity contribution in [1.82, 2.24) is 20.5 Å². The molecule has 2 heterocycles. The molecule has 1 aromatic carbocycles. The van der Waals surface area contributed by atoms with Crippen molar-refractivity contribution in [2.24, 2.45) is 10.9 Å². The first kappa shape index (κ1) is 19.9. The van der Waals surface area contributed by atoms with Gasteiger partial charge in [0.1, 0.15) is 6.26 Å². The summed E-state index contributed by atoms with van der Waals surface area (Å²) in [5.74, 6) is 2.05. The molecule has 0 saturated carbocycles. The molecule has 1 aliphatic rings. The number of carbonyl (C=O) groups is 1. The Balaban J connectivity index is 1.51. The third-order valence-corrected chi connectivity index (χ3v) is 5.16. The monoisotopic (exact) mass is 383 g/mol. The lowest BCUT2D eigenvalue weighted by molar-refractivity contribution is -0.121. The summed E-state index contributed by atoms with van der Waals surface area (Å²) in [7, 11) is 3.48. The van der Waals surface area contributed by atoms with Crippen LogP contribution in [0.25, 0.3) is 11.5 Å². The first-order valence-electron chi connectivity index (χ1n) is 9.76. The van der Waals surface area contributed by atoms with Crippen LogP contribution in [0.5, 0.6) is 0 Å². The number of nitrogens with zero attached hydrogens (tertiary/aromatic N) is 3. The van der Waals surface area contributed by atoms with Crippen molar-refractivity contribution >= 4 is 11.9 Å². The molecule has 1 amide bonds. The van der Waals surface area contributed by atoms with Crippen LogP contribution in [0, 0.1) is 12.8 Å². The minimum Gasteiger partial charge on any atom is -0.444 e. The van der Waals surface area contributed by atoms with Gasteiger partial charge in [-0.05, 0) is 37.8 Å². The number of nitrogens with one attached hydrogen (secondary N) is 2. The van der Waals surface area contributed by atoms with Crippen LogP contribution in [0.2, 0.25) is 0 Å². The average Bonchev–Trinajstić information content (AvgIpc) is 3.19. The van der Waals surface area contributed by atoms with Gasteiger partial charge in [0.2, 0.25) is 11.8 Å². The second-order valence-electron chi connectivity index (χ2n) is 7.22. The number of rotatable bonds is 5. The molecule has 1 fully saturated rings. The fraction of sp³-hybridized carbons (Fsp3) is 0.476. The highest BCUT2D eigenvalue weighted by Gasteiger charge is 2.23. The molecule has 1 saturated heterocycles. The molecule has 3 rings (SSSR count). The predicted octanol–water partition coefficient (Wildman–Crippen LogP) is 2.57. The zero-order valence-corrected chi connectivity index (χ0v) is 16.9. The number of likely N-dealkylation sites (tertiary alicyclic amines) is 1. The number of hydrogen-bond acceptors (Lipinski definition) is 4. The zero-order chi connectivity index (χ0) is 19.9. The van der Waals surface area contributed by atoms with E-state index in [1.165, 1.54) is 5.56 Å². The molecule has 7 heteroatoms. The molecule has 2 N–H and O–H groups in total. The Morgan fingerprint density at radius 3 is 2.64 bits per heavy atom. The molecule has 0 bridgehead atoms. The van der Waals surface area contributed by atoms with Gasteiger partial charge >= 0.3 is 0 Å². The van der Waals surface area contributed by atoms with E-state index in [9.17, 15) is 4.79 Å². The lowest BCUT2D eigenvalue weighted by Crippen LogP contribution is -2.45. The SMILES string of the molecule is CN=C(NCc1coc(-c2ccc(C)cc2)n1)N1CCC(CC(=O)NC)CC1. The maximum absolute atomic E-state index is 11.6. The van der Waals surface area contributed by atoms with Gasteiger partial charge in [-0.1, -0.05) is 17.7 Å². The molecule has 0 atom stereocenters. The van der Waals surface area contributed by atoms with E-state index in [0.29, 0.717) is 24.8 Å². The first-order valence-corrected chi connectivity index (χ1v) is 9.76. The third kappa shape index (κ3) is 5.12. The van der Waals surface area contributed by atoms with Crippen molar-refractivity contribution in [2.75, 3.05) is 27.2 Å². The van der Waals surface area contributed by atoms with E-state index in [1.54, 1.807) is 20.4 Å². The summed E-state index contributed by atoms with van der Waals surface area (Å²) in [5.41, 5.74) is 3.02. The maximum Gasteiger partial charge on any atom is 0.226 e. The fourth-order valence-corrected chi connectivity index (χ4v) is 3.43. The lowest BCUT2D eigenvalue weighted by atomic mass is 9.93. The molecule has 7 nitrogen and oxygen atoms in total. The van der Waals surface area contributed by atoms with Crippen molar-refractivity contribution in [3.8, 4) is 11.5 Å². The van der Waals surface area contributed by atoms with E-state index in [-0.39, 0.29) is 5.91 Å². The van der Waals surface area contributed by atoms with E-state index >= 15 is 0 Å². The van der Waals surface area contributed by atoms with Gasteiger partial charge in [-0.15, -0.1) is 0 Å². The summed E-state index contributed by atoms with van der Waals surface area (Å²) in [5, 5.41) is 6.08. The molecule has 1 aliphatic heterocycles. The minimum absolute atomic E-state index is 0.122. The van der Waals surface area contributed by atoms with Crippen molar-refractivity contribution < 1.29 is 9.21 Å². The Hall–Kier alpha value is -2.83. The normalized spacial score (nSPS) is 15.5. The number of aromatic nitrogens is 1. The number of amides is 1. The molecule has 0 radical (unpaired) electrons. The smallest absolute Gasteiger partial charge is 0.226 e. The molecule has 0 unspecified atom stereocenters. The highest BCUT2D eigenvalue weighted by molar-refractivity contribution is 5.80. The number of oxazole rings is 1. The highest BCUT2D eigenvalue weighted by atomic mass is 16.3. The molecule has 0 aliphatic carbocycles. The summed E-state index contributed by atoms with van der Waals surface area (Å²) in [6.45, 7) is 4.41. The topological polar surface area (TPSA) is 82.8 Å². The van der Waals surface area contributed by atoms with E-state index in [2.05, 4.69) is 32.4 Å². The Bertz CT molecular complexity index is 804. The second-order valence-corrected chi connectivity index (χ2v) is 7.22. The van der Waals surface area contributed by atoms with Crippen LogP contribution < -0.4 is 10.6 Å². The van der Waals surface area contributed by atoms with Gasteiger partial charge in [0.25, 0.3) is 0 Å². The number of carbonyl (C=O) groups excluding carboxylic acids is 1. The summed E-state index contributed by atoms with van der Waals surface area (Å²) in [4.78, 5) is 22.8. The number of aliphatic imine (C=N–C) groups is 1. The van der Waals surface area contributed by atoms with Crippen LogP contribution in [0.3, 0.4) is 0 Å². The molecular weight excluding hydrogens is 354 g/mol. The van der Waals surface area contributed by atoms with Crippen molar-refractivity contribution in [3.63, 3.8) is 0 Å². The Labute approximate surface area is 166 Å². The van der Waals surface area contributed by atoms with Gasteiger partial charge in [0.05, 0.1) is 12.2 Å². The van der Waals surface area contributed by atoms with E-state index in [1.807, 2.05) is 24.3 Å². The number of piperidine rings is 1. The average molecular weight is 383 g/mol. The molecule has 2 aromatic rings. The van der Waals surface area contributed by atoms with Gasteiger partial charge in [0.15, 0.2) is 5.96 Å². The largest absolute Gasteiger partial charge is 0.444 e. The lowest BCUT2D eigenvalue weighted by Gasteiger charge is -2.33. The predicted molar refractivity (Wildman–Crippen MR) is 110 cm³/mol. The van der Waals surface area contributed by atoms with Crippen LogP contribution in [0.4, 0.5) is 0 Å². The summed E-state index contributed by atoms with van der Waals surface area (Å²) in [6.07, 6.45) is 4.29. The second kappa shape index (κ2) is 9.39. The van der Waals surface area contributed by atoms with E-state index in [0.717, 1.165) is 43.1 Å². The number of hydrogen-bond donors (Lipinski definition) is 2. The Morgan fingerprint density at radius 2 is 2.00 bits per heavy atom. The van der Waals surface area contributed by atoms with Crippen molar-refractivity contribution in [1.29, 1.82) is 0 Å². The fourth-order valence-electron chi connectivity index (χ4n) is 3.43. The minimum atomic E-state index is 0.122. The van der Waals surface area contributed by atoms with Crippen LogP contribution in [0.15, 0.2) is 39.9 Å². The van der Waals surface area contributed by atoms with E-state index in [4.69, 9.17) is 4.42 Å². The molecular formula is C21H29N5O2. The number of benzene rings is 1. The van der Waals surface area contributed by atoms with Gasteiger partial charge in [-0.25, -0.2) is 4.98 Å². The van der Waals surface area contributed by atoms with Gasteiger partial charge < -0.3 is 20.0 Å². The summed E-state index contributed by atoms with van der Waals surface area (Å²) < 4.78 is 5.62. The van der Waals surface area contributed by atoms with Gasteiger partial charge in [0, 0.05) is 39.2 Å². The summed E-state index contributed by atoms with van der Waals surface area (Å²) >= 11 is 0. The first-order chi connectivity index (χ1) is 13.6. The van der Waals surface area contributed by atoms with Crippen LogP contribution in [0.1, 0.15) is 30.5 Å². The molecule has 0 spiro atoms. The Morgan fingerprint density at radius 1 is 1.29 bits per heavy atom. The quantitative estimate of drug-likeness (QED) is 0.613. The zero-order valence-electron chi connectivity index (χ0n) is 16.9. The van der Waals surface area contributed by atoms with Gasteiger partial charge in [-0.3, -0.25) is 9.79 Å². The third-order valence-electron chi connectivity index (χ3n) is 5.16. The summed E-state index contributed by atoms with van der Waals surface area (Å²) in [6, 6.07) is 8.13. The van der Waals surface area contributed by atoms with Crippen molar-refractivity contribution in [3.05, 3.63) is 41.8 Å². The van der Waals surface area contributed by atoms with Crippen LogP contribution >= 0.6 is 0 Å². The van der Waals surface area contributed by atoms with Crippen molar-refractivity contribution in [2.45, 2.75) is 32.7 Å². The molecule has 1 aromatic heterocycles. The van der Waals surface area contributed by atoms with Gasteiger partial charge in [-0.2, -0.15) is 0 Å². The molecule has 28 heavy (non-hydrogen) atoms. The maximum atomic E-state index is 11.6. The molecule has 150 valence electrons. The number of guanidine groups is 1. The highest BCUT2D eigenvalue weighted by Crippen LogP contribution is 2.21. The Kier molecular flexibility index (Phi) is 6.68. The van der Waals surface area contributed by atoms with Crippen LogP contribution in [-0.4, -0.2) is 48.9 Å². The van der Waals surface area contributed by atoms with Crippen LogP contribution in [-0.2, 0) is 11.3 Å². The standard InChI is InChI=1S/C21H29N5O2/c1-15-4-6-17(7-5-15)20-25-18(14-28-20)13-24-21(23-3)26-10-8-16(9-11-26)12-19(27)22-2/h4-7,14,16H,8-13H2,1-3H3,(H,22,27)(H,23,24).